The number of rotatable bonds is 2. The van der Waals surface area contributed by atoms with Crippen LogP contribution in [0.1, 0.15) is 5.56 Å². The molecule has 1 heterocycles. The standard InChI is InChI=1S/C15H11Br2N3/c1-9-4-2-3-5-11(9)14-15(19-20-18-14)12-8-10(16)6-7-13(12)17/h2-8H,1H3,(H,18,19,20). The topological polar surface area (TPSA) is 41.6 Å². The molecular weight excluding hydrogens is 382 g/mol. The van der Waals surface area contributed by atoms with Gasteiger partial charge in [0.25, 0.3) is 0 Å². The van der Waals surface area contributed by atoms with Crippen LogP contribution < -0.4 is 0 Å². The van der Waals surface area contributed by atoms with Crippen molar-refractivity contribution in [1.82, 2.24) is 15.4 Å². The summed E-state index contributed by atoms with van der Waals surface area (Å²) in [6, 6.07) is 14.2. The fraction of sp³-hybridized carbons (Fsp3) is 0.0667. The maximum atomic E-state index is 4.32. The van der Waals surface area contributed by atoms with Crippen molar-refractivity contribution in [3.63, 3.8) is 0 Å². The lowest BCUT2D eigenvalue weighted by Gasteiger charge is -2.06. The van der Waals surface area contributed by atoms with Gasteiger partial charge >= 0.3 is 0 Å². The monoisotopic (exact) mass is 391 g/mol. The number of nitrogens with zero attached hydrogens (tertiary/aromatic N) is 2. The highest BCUT2D eigenvalue weighted by Gasteiger charge is 2.16. The third-order valence-corrected chi connectivity index (χ3v) is 4.32. The first-order valence-electron chi connectivity index (χ1n) is 6.09. The Morgan fingerprint density at radius 1 is 0.900 bits per heavy atom. The average molecular weight is 393 g/mol. The largest absolute Gasteiger partial charge is 0.197 e. The van der Waals surface area contributed by atoms with Gasteiger partial charge in [0.05, 0.1) is 0 Å². The number of hydrogen-bond acceptors (Lipinski definition) is 2. The number of aromatic amines is 1. The van der Waals surface area contributed by atoms with Gasteiger partial charge in [0.1, 0.15) is 11.4 Å². The number of nitrogens with one attached hydrogen (secondary N) is 1. The molecular formula is C15H11Br2N3. The predicted octanol–water partition coefficient (Wildman–Crippen LogP) is 4.97. The highest BCUT2D eigenvalue weighted by molar-refractivity contribution is 9.11. The average Bonchev–Trinajstić information content (AvgIpc) is 2.91. The highest BCUT2D eigenvalue weighted by atomic mass is 79.9. The van der Waals surface area contributed by atoms with Crippen LogP contribution in [0.25, 0.3) is 22.5 Å². The summed E-state index contributed by atoms with van der Waals surface area (Å²) in [6.07, 6.45) is 0. The van der Waals surface area contributed by atoms with Crippen molar-refractivity contribution in [2.45, 2.75) is 6.92 Å². The number of aromatic nitrogens is 3. The van der Waals surface area contributed by atoms with Crippen LogP contribution in [0.2, 0.25) is 0 Å². The minimum atomic E-state index is 0.840. The second-order valence-electron chi connectivity index (χ2n) is 4.46. The molecule has 1 aromatic heterocycles. The van der Waals surface area contributed by atoms with Crippen LogP contribution in [0.15, 0.2) is 51.4 Å². The third-order valence-electron chi connectivity index (χ3n) is 3.13. The first-order valence-corrected chi connectivity index (χ1v) is 7.67. The number of halogens is 2. The molecule has 20 heavy (non-hydrogen) atoms. The Labute approximate surface area is 133 Å². The number of H-pyrrole nitrogens is 1. The van der Waals surface area contributed by atoms with Gasteiger partial charge in [-0.1, -0.05) is 56.1 Å². The number of hydrogen-bond donors (Lipinski definition) is 1. The second-order valence-corrected chi connectivity index (χ2v) is 6.23. The van der Waals surface area contributed by atoms with E-state index < -0.39 is 0 Å². The van der Waals surface area contributed by atoms with Crippen molar-refractivity contribution in [3.8, 4) is 22.5 Å². The molecule has 0 saturated carbocycles. The summed E-state index contributed by atoms with van der Waals surface area (Å²) in [4.78, 5) is 0. The molecule has 0 bridgehead atoms. The zero-order valence-corrected chi connectivity index (χ0v) is 13.9. The van der Waals surface area contributed by atoms with Crippen molar-refractivity contribution in [3.05, 3.63) is 57.0 Å². The molecule has 0 aliphatic carbocycles. The molecule has 0 saturated heterocycles. The van der Waals surface area contributed by atoms with Gasteiger partial charge in [-0.2, -0.15) is 15.4 Å². The van der Waals surface area contributed by atoms with Crippen LogP contribution in [0, 0.1) is 6.92 Å². The fourth-order valence-corrected chi connectivity index (χ4v) is 2.92. The summed E-state index contributed by atoms with van der Waals surface area (Å²) in [7, 11) is 0. The fourth-order valence-electron chi connectivity index (χ4n) is 2.12. The van der Waals surface area contributed by atoms with Crippen molar-refractivity contribution >= 4 is 31.9 Å². The van der Waals surface area contributed by atoms with E-state index in [-0.39, 0.29) is 0 Å². The Kier molecular flexibility index (Phi) is 3.72. The van der Waals surface area contributed by atoms with Crippen molar-refractivity contribution in [1.29, 1.82) is 0 Å². The minimum Gasteiger partial charge on any atom is -0.197 e. The molecule has 0 aliphatic rings. The molecule has 3 aromatic rings. The molecule has 5 heteroatoms. The highest BCUT2D eigenvalue weighted by Crippen LogP contribution is 2.35. The van der Waals surface area contributed by atoms with E-state index in [2.05, 4.69) is 66.3 Å². The van der Waals surface area contributed by atoms with Crippen LogP contribution in [-0.4, -0.2) is 15.4 Å². The molecule has 0 unspecified atom stereocenters. The van der Waals surface area contributed by atoms with E-state index >= 15 is 0 Å². The summed E-state index contributed by atoms with van der Waals surface area (Å²) < 4.78 is 2.00. The maximum Gasteiger partial charge on any atom is 0.121 e. The van der Waals surface area contributed by atoms with Crippen LogP contribution in [0.4, 0.5) is 0 Å². The Morgan fingerprint density at radius 3 is 2.35 bits per heavy atom. The van der Waals surface area contributed by atoms with E-state index in [1.54, 1.807) is 0 Å². The van der Waals surface area contributed by atoms with E-state index in [0.717, 1.165) is 31.5 Å². The third kappa shape index (κ3) is 2.43. The molecule has 0 aliphatic heterocycles. The van der Waals surface area contributed by atoms with Crippen LogP contribution in [0.3, 0.4) is 0 Å². The maximum absolute atomic E-state index is 4.32. The normalized spacial score (nSPS) is 10.8. The molecule has 3 rings (SSSR count). The van der Waals surface area contributed by atoms with E-state index in [9.17, 15) is 0 Å². The second kappa shape index (κ2) is 5.50. The molecule has 0 radical (unpaired) electrons. The lowest BCUT2D eigenvalue weighted by atomic mass is 10.0. The quantitative estimate of drug-likeness (QED) is 0.668. The lowest BCUT2D eigenvalue weighted by Crippen LogP contribution is -1.88. The predicted molar refractivity (Wildman–Crippen MR) is 87.4 cm³/mol. The van der Waals surface area contributed by atoms with Crippen LogP contribution in [0.5, 0.6) is 0 Å². The van der Waals surface area contributed by atoms with E-state index in [1.165, 1.54) is 5.56 Å². The summed E-state index contributed by atoms with van der Waals surface area (Å²) in [5.74, 6) is 0. The number of benzene rings is 2. The molecule has 2 aromatic carbocycles. The van der Waals surface area contributed by atoms with Crippen molar-refractivity contribution in [2.75, 3.05) is 0 Å². The zero-order chi connectivity index (χ0) is 14.1. The van der Waals surface area contributed by atoms with Gasteiger partial charge in [-0.15, -0.1) is 0 Å². The van der Waals surface area contributed by atoms with Gasteiger partial charge in [-0.3, -0.25) is 0 Å². The van der Waals surface area contributed by atoms with Gasteiger partial charge < -0.3 is 0 Å². The van der Waals surface area contributed by atoms with Crippen LogP contribution in [-0.2, 0) is 0 Å². The Morgan fingerprint density at radius 2 is 1.60 bits per heavy atom. The molecule has 3 nitrogen and oxygen atoms in total. The van der Waals surface area contributed by atoms with Gasteiger partial charge in [0, 0.05) is 20.1 Å². The van der Waals surface area contributed by atoms with Crippen LogP contribution >= 0.6 is 31.9 Å². The zero-order valence-electron chi connectivity index (χ0n) is 10.7. The summed E-state index contributed by atoms with van der Waals surface area (Å²) in [5.41, 5.74) is 4.97. The first-order chi connectivity index (χ1) is 9.66. The minimum absolute atomic E-state index is 0.840. The molecule has 100 valence electrons. The lowest BCUT2D eigenvalue weighted by molar-refractivity contribution is 0.943. The SMILES string of the molecule is Cc1ccccc1-c1n[nH]nc1-c1cc(Br)ccc1Br. The molecule has 0 fully saturated rings. The van der Waals surface area contributed by atoms with Crippen molar-refractivity contribution in [2.24, 2.45) is 0 Å². The summed E-state index contributed by atoms with van der Waals surface area (Å²) >= 11 is 7.07. The van der Waals surface area contributed by atoms with Crippen molar-refractivity contribution < 1.29 is 0 Å². The number of aryl methyl sites for hydroxylation is 1. The Balaban J connectivity index is 2.21. The molecule has 0 spiro atoms. The Bertz CT molecular complexity index is 765. The molecule has 1 N–H and O–H groups in total. The summed E-state index contributed by atoms with van der Waals surface area (Å²) in [5, 5.41) is 11.4. The van der Waals surface area contributed by atoms with E-state index in [1.807, 2.05) is 30.3 Å². The first kappa shape index (κ1) is 13.5. The van der Waals surface area contributed by atoms with Gasteiger partial charge in [0.2, 0.25) is 0 Å². The van der Waals surface area contributed by atoms with Gasteiger partial charge in [-0.05, 0) is 30.7 Å². The summed E-state index contributed by atoms with van der Waals surface area (Å²) in [6.45, 7) is 2.07. The molecule has 0 atom stereocenters. The van der Waals surface area contributed by atoms with E-state index in [4.69, 9.17) is 0 Å². The smallest absolute Gasteiger partial charge is 0.121 e. The Hall–Kier alpha value is -1.46. The molecule has 0 amide bonds. The van der Waals surface area contributed by atoms with Gasteiger partial charge in [0.15, 0.2) is 0 Å². The van der Waals surface area contributed by atoms with Gasteiger partial charge in [-0.25, -0.2) is 0 Å². The van der Waals surface area contributed by atoms with E-state index in [0.29, 0.717) is 0 Å².